The zero-order valence-electron chi connectivity index (χ0n) is 9.46. The van der Waals surface area contributed by atoms with Gasteiger partial charge < -0.3 is 37.2 Å². The van der Waals surface area contributed by atoms with E-state index in [4.69, 9.17) is 0 Å². The SMILES string of the molecule is Cc1cccc(C[C]2([Ti+3])C=CC=C2)c1.[Cl-].[Cl-].[Cl-]. The minimum absolute atomic E-state index is 0. The van der Waals surface area contributed by atoms with Gasteiger partial charge in [-0.1, -0.05) is 0 Å². The van der Waals surface area contributed by atoms with Crippen LogP contribution in [0.1, 0.15) is 11.1 Å². The van der Waals surface area contributed by atoms with Crippen LogP contribution >= 0.6 is 0 Å². The second-order valence-corrected chi connectivity index (χ2v) is 5.38. The van der Waals surface area contributed by atoms with E-state index in [1.165, 1.54) is 11.1 Å². The number of aryl methyl sites for hydroxylation is 1. The van der Waals surface area contributed by atoms with Crippen molar-refractivity contribution in [1.29, 1.82) is 0 Å². The second-order valence-electron chi connectivity index (χ2n) is 3.92. The Morgan fingerprint density at radius 2 is 1.65 bits per heavy atom. The standard InChI is InChI=1S/C13H13.3ClH.Ti/c1-11-5-4-8-13(9-11)10-12-6-2-3-7-12;;;;/h2-9H,10H2,1H3;3*1H;/q;;;;+3/p-3. The van der Waals surface area contributed by atoms with Crippen LogP contribution in [0, 0.1) is 6.92 Å². The fraction of sp³-hybridized carbons (Fsp3) is 0.231. The Kier molecular flexibility index (Phi) is 9.69. The molecule has 0 amide bonds. The van der Waals surface area contributed by atoms with Crippen LogP contribution in [0.25, 0.3) is 0 Å². The number of hydrogen-bond acceptors (Lipinski definition) is 0. The van der Waals surface area contributed by atoms with Crippen LogP contribution < -0.4 is 37.2 Å². The van der Waals surface area contributed by atoms with Gasteiger partial charge in [0.05, 0.1) is 0 Å². The first-order chi connectivity index (χ1) is 6.68. The van der Waals surface area contributed by atoms with Crippen molar-refractivity contribution >= 4 is 0 Å². The summed E-state index contributed by atoms with van der Waals surface area (Å²) >= 11 is 2.27. The molecule has 1 aliphatic carbocycles. The molecule has 0 fully saturated rings. The van der Waals surface area contributed by atoms with E-state index in [0.29, 0.717) is 0 Å². The van der Waals surface area contributed by atoms with Gasteiger partial charge in [0.1, 0.15) is 0 Å². The maximum absolute atomic E-state index is 2.27. The van der Waals surface area contributed by atoms with Crippen molar-refractivity contribution in [3.63, 3.8) is 0 Å². The number of allylic oxidation sites excluding steroid dienone is 4. The summed E-state index contributed by atoms with van der Waals surface area (Å²) in [7, 11) is 0. The van der Waals surface area contributed by atoms with Crippen molar-refractivity contribution in [2.75, 3.05) is 0 Å². The Hall–Kier alpha value is 0.284. The first kappa shape index (κ1) is 19.6. The third kappa shape index (κ3) is 5.63. The summed E-state index contributed by atoms with van der Waals surface area (Å²) in [6.07, 6.45) is 9.91. The number of hydrogen-bond donors (Lipinski definition) is 0. The number of rotatable bonds is 2. The van der Waals surface area contributed by atoms with Crippen molar-refractivity contribution in [1.82, 2.24) is 0 Å². The van der Waals surface area contributed by atoms with Gasteiger partial charge in [-0.15, -0.1) is 0 Å². The molecule has 90 valence electrons. The topological polar surface area (TPSA) is 0 Å². The van der Waals surface area contributed by atoms with Gasteiger partial charge in [0.15, 0.2) is 0 Å². The predicted octanol–water partition coefficient (Wildman–Crippen LogP) is -5.62. The largest absolute Gasteiger partial charge is 1.00 e. The van der Waals surface area contributed by atoms with Crippen LogP contribution in [0.2, 0.25) is 3.72 Å². The van der Waals surface area contributed by atoms with Crippen LogP contribution in [-0.2, 0) is 26.9 Å². The normalized spacial score (nSPS) is 14.5. The molecular weight excluding hydrogens is 310 g/mol. The summed E-state index contributed by atoms with van der Waals surface area (Å²) in [5.41, 5.74) is 2.76. The Morgan fingerprint density at radius 1 is 1.06 bits per heavy atom. The van der Waals surface area contributed by atoms with Crippen molar-refractivity contribution < 1.29 is 57.7 Å². The molecular formula is C13H13Cl3Ti. The van der Waals surface area contributed by atoms with E-state index in [2.05, 4.69) is 75.9 Å². The van der Waals surface area contributed by atoms with Crippen molar-refractivity contribution in [3.05, 3.63) is 59.7 Å². The third-order valence-electron chi connectivity index (χ3n) is 2.48. The Balaban J connectivity index is 0. The molecule has 0 atom stereocenters. The Bertz CT molecular complexity index is 387. The molecule has 0 unspecified atom stereocenters. The molecule has 1 aromatic rings. The smallest absolute Gasteiger partial charge is 1.00 e. The van der Waals surface area contributed by atoms with E-state index in [0.717, 1.165) is 6.42 Å². The van der Waals surface area contributed by atoms with E-state index < -0.39 is 0 Å². The first-order valence-corrected chi connectivity index (χ1v) is 5.64. The summed E-state index contributed by atoms with van der Waals surface area (Å²) in [6, 6.07) is 8.76. The van der Waals surface area contributed by atoms with Crippen LogP contribution in [0.15, 0.2) is 48.6 Å². The molecule has 0 aromatic heterocycles. The van der Waals surface area contributed by atoms with E-state index in [1.54, 1.807) is 0 Å². The molecule has 0 spiro atoms. The van der Waals surface area contributed by atoms with Gasteiger partial charge in [0.2, 0.25) is 0 Å². The minimum Gasteiger partial charge on any atom is -1.00 e. The molecule has 4 heteroatoms. The molecule has 1 aromatic carbocycles. The maximum atomic E-state index is 2.27. The number of halogens is 3. The zero-order chi connectivity index (χ0) is 10.0. The van der Waals surface area contributed by atoms with Gasteiger partial charge in [-0.25, -0.2) is 0 Å². The van der Waals surface area contributed by atoms with Gasteiger partial charge >= 0.3 is 97.2 Å². The molecule has 2 rings (SSSR count). The van der Waals surface area contributed by atoms with E-state index in [-0.39, 0.29) is 40.9 Å². The van der Waals surface area contributed by atoms with Gasteiger partial charge in [0, 0.05) is 0 Å². The number of benzene rings is 1. The molecule has 0 N–H and O–H groups in total. The Labute approximate surface area is 134 Å². The van der Waals surface area contributed by atoms with Crippen LogP contribution in [0.3, 0.4) is 0 Å². The molecule has 0 saturated heterocycles. The molecule has 0 bridgehead atoms. The monoisotopic (exact) mass is 322 g/mol. The third-order valence-corrected chi connectivity index (χ3v) is 3.27. The summed E-state index contributed by atoms with van der Waals surface area (Å²) < 4.78 is 0.230. The maximum Gasteiger partial charge on any atom is -1.00 e. The molecule has 0 saturated carbocycles. The summed E-state index contributed by atoms with van der Waals surface area (Å²) in [5.74, 6) is 0. The minimum atomic E-state index is 0. The summed E-state index contributed by atoms with van der Waals surface area (Å²) in [5, 5.41) is 0. The van der Waals surface area contributed by atoms with Crippen molar-refractivity contribution in [2.45, 2.75) is 17.1 Å². The van der Waals surface area contributed by atoms with E-state index >= 15 is 0 Å². The van der Waals surface area contributed by atoms with Crippen molar-refractivity contribution in [3.8, 4) is 0 Å². The molecule has 0 nitrogen and oxygen atoms in total. The summed E-state index contributed by atoms with van der Waals surface area (Å²) in [6.45, 7) is 2.14. The van der Waals surface area contributed by atoms with Crippen molar-refractivity contribution in [2.24, 2.45) is 0 Å². The van der Waals surface area contributed by atoms with Gasteiger partial charge in [-0.3, -0.25) is 0 Å². The molecule has 0 radical (unpaired) electrons. The molecule has 0 aliphatic heterocycles. The molecule has 17 heavy (non-hydrogen) atoms. The van der Waals surface area contributed by atoms with Gasteiger partial charge in [-0.05, 0) is 0 Å². The predicted molar refractivity (Wildman–Crippen MR) is 55.9 cm³/mol. The van der Waals surface area contributed by atoms with Gasteiger partial charge in [0.25, 0.3) is 0 Å². The first-order valence-electron chi connectivity index (χ1n) is 4.86. The fourth-order valence-corrected chi connectivity index (χ4v) is 2.41. The molecule has 1 aliphatic rings. The second kappa shape index (κ2) is 8.40. The van der Waals surface area contributed by atoms with E-state index in [9.17, 15) is 0 Å². The average molecular weight is 323 g/mol. The average Bonchev–Trinajstić information content (AvgIpc) is 2.51. The van der Waals surface area contributed by atoms with Gasteiger partial charge in [-0.2, -0.15) is 0 Å². The fourth-order valence-electron chi connectivity index (χ4n) is 1.79. The zero-order valence-corrected chi connectivity index (χ0v) is 13.3. The van der Waals surface area contributed by atoms with Crippen LogP contribution in [-0.4, -0.2) is 0 Å². The quantitative estimate of drug-likeness (QED) is 0.476. The molecule has 0 heterocycles. The Morgan fingerprint density at radius 3 is 2.18 bits per heavy atom. The van der Waals surface area contributed by atoms with Crippen LogP contribution in [0.4, 0.5) is 0 Å². The van der Waals surface area contributed by atoms with E-state index in [1.807, 2.05) is 0 Å². The van der Waals surface area contributed by atoms with Crippen LogP contribution in [0.5, 0.6) is 0 Å². The summed E-state index contributed by atoms with van der Waals surface area (Å²) in [4.78, 5) is 0.